The number of carboxylic acid groups (broad SMARTS) is 1. The number of aromatic carboxylic acids is 1. The lowest BCUT2D eigenvalue weighted by Gasteiger charge is -2.11. The van der Waals surface area contributed by atoms with Gasteiger partial charge in [0.25, 0.3) is 0 Å². The number of benzene rings is 1. The molecule has 0 saturated heterocycles. The Morgan fingerprint density at radius 1 is 1.00 bits per heavy atom. The molecule has 0 amide bonds. The summed E-state index contributed by atoms with van der Waals surface area (Å²) in [7, 11) is 0. The molecule has 0 aliphatic rings. The van der Waals surface area contributed by atoms with E-state index in [1.54, 1.807) is 18.2 Å². The van der Waals surface area contributed by atoms with Crippen LogP contribution in [0.15, 0.2) is 24.3 Å². The maximum absolute atomic E-state index is 11.2. The summed E-state index contributed by atoms with van der Waals surface area (Å²) in [5, 5.41) is 18.2. The first-order valence-corrected chi connectivity index (χ1v) is 6.97. The molecule has 0 bridgehead atoms. The molecule has 0 saturated carbocycles. The molecule has 22 heavy (non-hydrogen) atoms. The highest BCUT2D eigenvalue weighted by Crippen LogP contribution is 2.20. The summed E-state index contributed by atoms with van der Waals surface area (Å²) in [5.74, 6) is 0.0964. The molecule has 8 nitrogen and oxygen atoms in total. The highest BCUT2D eigenvalue weighted by molar-refractivity contribution is 5.94. The third kappa shape index (κ3) is 3.81. The van der Waals surface area contributed by atoms with Gasteiger partial charge in [-0.1, -0.05) is 12.1 Å². The van der Waals surface area contributed by atoms with Crippen molar-refractivity contribution in [2.75, 3.05) is 29.0 Å². The van der Waals surface area contributed by atoms with Crippen molar-refractivity contribution in [2.24, 2.45) is 0 Å². The molecule has 2 rings (SSSR count). The minimum atomic E-state index is -1.02. The number of nitrogens with zero attached hydrogens (tertiary/aromatic N) is 3. The summed E-state index contributed by atoms with van der Waals surface area (Å²) in [5.41, 5.74) is 0.573. The molecule has 116 valence electrons. The molecule has 0 aliphatic heterocycles. The van der Waals surface area contributed by atoms with Crippen molar-refractivity contribution in [1.29, 1.82) is 0 Å². The molecule has 0 fully saturated rings. The van der Waals surface area contributed by atoms with Gasteiger partial charge in [0.1, 0.15) is 0 Å². The quantitative estimate of drug-likeness (QED) is 0.615. The van der Waals surface area contributed by atoms with E-state index in [1.165, 1.54) is 6.07 Å². The van der Waals surface area contributed by atoms with Crippen LogP contribution in [0, 0.1) is 0 Å². The van der Waals surface area contributed by atoms with Gasteiger partial charge in [-0.15, -0.1) is 0 Å². The molecular weight excluding hydrogens is 284 g/mol. The predicted molar refractivity (Wildman–Crippen MR) is 84.8 cm³/mol. The maximum atomic E-state index is 11.2. The monoisotopic (exact) mass is 302 g/mol. The molecule has 0 radical (unpaired) electrons. The third-order valence-corrected chi connectivity index (χ3v) is 2.71. The van der Waals surface area contributed by atoms with Crippen molar-refractivity contribution in [2.45, 2.75) is 13.8 Å². The van der Waals surface area contributed by atoms with Crippen molar-refractivity contribution in [3.63, 3.8) is 0 Å². The Balaban J connectivity index is 2.34. The number of para-hydroxylation sites is 1. The molecule has 0 aliphatic carbocycles. The Hall–Kier alpha value is -2.90. The van der Waals surface area contributed by atoms with Gasteiger partial charge < -0.3 is 21.1 Å². The third-order valence-electron chi connectivity index (χ3n) is 2.71. The van der Waals surface area contributed by atoms with Gasteiger partial charge in [-0.25, -0.2) is 4.79 Å². The molecule has 1 aromatic heterocycles. The molecule has 0 atom stereocenters. The molecule has 8 heteroatoms. The van der Waals surface area contributed by atoms with Crippen LogP contribution in [-0.2, 0) is 0 Å². The Bertz CT molecular complexity index is 637. The molecule has 1 aromatic carbocycles. The van der Waals surface area contributed by atoms with Gasteiger partial charge in [0.15, 0.2) is 0 Å². The number of hydrogen-bond acceptors (Lipinski definition) is 7. The Morgan fingerprint density at radius 2 is 1.55 bits per heavy atom. The fourth-order valence-corrected chi connectivity index (χ4v) is 1.81. The van der Waals surface area contributed by atoms with Gasteiger partial charge in [-0.05, 0) is 26.0 Å². The number of nitrogens with one attached hydrogen (secondary N) is 3. The number of hydrogen-bond donors (Lipinski definition) is 4. The first-order valence-electron chi connectivity index (χ1n) is 6.97. The average Bonchev–Trinajstić information content (AvgIpc) is 2.48. The van der Waals surface area contributed by atoms with Gasteiger partial charge in [-0.2, -0.15) is 15.0 Å². The largest absolute Gasteiger partial charge is 0.478 e. The summed E-state index contributed by atoms with van der Waals surface area (Å²) < 4.78 is 0. The van der Waals surface area contributed by atoms with Crippen LogP contribution in [-0.4, -0.2) is 39.1 Å². The summed E-state index contributed by atoms with van der Waals surface area (Å²) in [4.78, 5) is 23.9. The molecule has 0 spiro atoms. The van der Waals surface area contributed by atoms with Gasteiger partial charge in [0, 0.05) is 13.1 Å². The average molecular weight is 302 g/mol. The lowest BCUT2D eigenvalue weighted by Crippen LogP contribution is -2.11. The predicted octanol–water partition coefficient (Wildman–Crippen LogP) is 2.18. The second-order valence-electron chi connectivity index (χ2n) is 4.34. The second kappa shape index (κ2) is 7.21. The molecule has 0 unspecified atom stereocenters. The first kappa shape index (κ1) is 15.5. The van der Waals surface area contributed by atoms with E-state index in [1.807, 2.05) is 13.8 Å². The van der Waals surface area contributed by atoms with Gasteiger partial charge in [0.2, 0.25) is 17.8 Å². The molecule has 4 N–H and O–H groups in total. The SMILES string of the molecule is CCNc1nc(NCC)nc(Nc2ccccc2C(=O)O)n1. The Morgan fingerprint density at radius 3 is 2.09 bits per heavy atom. The van der Waals surface area contributed by atoms with Crippen molar-refractivity contribution in [3.05, 3.63) is 29.8 Å². The first-order chi connectivity index (χ1) is 10.6. The molecule has 1 heterocycles. The highest BCUT2D eigenvalue weighted by atomic mass is 16.4. The number of carboxylic acids is 1. The van der Waals surface area contributed by atoms with Crippen LogP contribution in [0.25, 0.3) is 0 Å². The number of carbonyl (C=O) groups is 1. The van der Waals surface area contributed by atoms with Crippen molar-refractivity contribution < 1.29 is 9.90 Å². The molecule has 2 aromatic rings. The topological polar surface area (TPSA) is 112 Å². The molecular formula is C14H18N6O2. The summed E-state index contributed by atoms with van der Waals surface area (Å²) in [6.07, 6.45) is 0. The second-order valence-corrected chi connectivity index (χ2v) is 4.34. The van der Waals surface area contributed by atoms with Crippen LogP contribution in [0.4, 0.5) is 23.5 Å². The van der Waals surface area contributed by atoms with E-state index < -0.39 is 5.97 Å². The lowest BCUT2D eigenvalue weighted by atomic mass is 10.2. The van der Waals surface area contributed by atoms with Crippen LogP contribution in [0.3, 0.4) is 0 Å². The van der Waals surface area contributed by atoms with E-state index in [0.29, 0.717) is 30.7 Å². The smallest absolute Gasteiger partial charge is 0.337 e. The van der Waals surface area contributed by atoms with Gasteiger partial charge in [-0.3, -0.25) is 0 Å². The van der Waals surface area contributed by atoms with E-state index >= 15 is 0 Å². The normalized spacial score (nSPS) is 10.1. The van der Waals surface area contributed by atoms with Crippen LogP contribution in [0.2, 0.25) is 0 Å². The summed E-state index contributed by atoms with van der Waals surface area (Å²) >= 11 is 0. The minimum Gasteiger partial charge on any atom is -0.478 e. The number of rotatable bonds is 7. The van der Waals surface area contributed by atoms with Crippen LogP contribution < -0.4 is 16.0 Å². The number of aromatic nitrogens is 3. The summed E-state index contributed by atoms with van der Waals surface area (Å²) in [6.45, 7) is 5.20. The highest BCUT2D eigenvalue weighted by Gasteiger charge is 2.11. The fraction of sp³-hybridized carbons (Fsp3) is 0.286. The van der Waals surface area contributed by atoms with E-state index in [9.17, 15) is 9.90 Å². The Labute approximate surface area is 128 Å². The maximum Gasteiger partial charge on any atom is 0.337 e. The number of anilines is 4. The van der Waals surface area contributed by atoms with Crippen LogP contribution in [0.1, 0.15) is 24.2 Å². The zero-order valence-corrected chi connectivity index (χ0v) is 12.4. The zero-order chi connectivity index (χ0) is 15.9. The van der Waals surface area contributed by atoms with E-state index in [4.69, 9.17) is 0 Å². The van der Waals surface area contributed by atoms with E-state index in [2.05, 4.69) is 30.9 Å². The van der Waals surface area contributed by atoms with E-state index in [0.717, 1.165) is 0 Å². The van der Waals surface area contributed by atoms with E-state index in [-0.39, 0.29) is 11.5 Å². The fourth-order valence-electron chi connectivity index (χ4n) is 1.81. The van der Waals surface area contributed by atoms with Crippen molar-refractivity contribution >= 4 is 29.5 Å². The standard InChI is InChI=1S/C14H18N6O2/c1-3-15-12-18-13(16-4-2)20-14(19-12)17-10-8-6-5-7-9(10)11(21)22/h5-8H,3-4H2,1-2H3,(H,21,22)(H3,15,16,17,18,19,20). The minimum absolute atomic E-state index is 0.151. The zero-order valence-electron chi connectivity index (χ0n) is 12.4. The van der Waals surface area contributed by atoms with Crippen LogP contribution in [0.5, 0.6) is 0 Å². The van der Waals surface area contributed by atoms with Crippen molar-refractivity contribution in [1.82, 2.24) is 15.0 Å². The van der Waals surface area contributed by atoms with Gasteiger partial charge in [0.05, 0.1) is 11.3 Å². The Kier molecular flexibility index (Phi) is 5.07. The summed E-state index contributed by atoms with van der Waals surface area (Å²) in [6, 6.07) is 6.58. The van der Waals surface area contributed by atoms with Crippen LogP contribution >= 0.6 is 0 Å². The lowest BCUT2D eigenvalue weighted by molar-refractivity contribution is 0.0698. The van der Waals surface area contributed by atoms with Crippen molar-refractivity contribution in [3.8, 4) is 0 Å². The van der Waals surface area contributed by atoms with Gasteiger partial charge >= 0.3 is 5.97 Å².